The van der Waals surface area contributed by atoms with Crippen molar-refractivity contribution in [2.24, 2.45) is 0 Å². The van der Waals surface area contributed by atoms with Crippen molar-refractivity contribution in [1.29, 1.82) is 0 Å². The molecule has 1 aliphatic heterocycles. The Labute approximate surface area is 171 Å². The number of rotatable bonds is 6. The maximum atomic E-state index is 12.3. The highest BCUT2D eigenvalue weighted by molar-refractivity contribution is 5.91. The molecule has 0 saturated carbocycles. The highest BCUT2D eigenvalue weighted by atomic mass is 16.7. The normalized spacial score (nSPS) is 12.1. The first kappa shape index (κ1) is 18.0. The van der Waals surface area contributed by atoms with E-state index in [1.165, 1.54) is 6.26 Å². The van der Waals surface area contributed by atoms with Crippen molar-refractivity contribution in [1.82, 2.24) is 15.3 Å². The van der Waals surface area contributed by atoms with Gasteiger partial charge in [0.25, 0.3) is 5.91 Å². The van der Waals surface area contributed by atoms with E-state index in [0.717, 1.165) is 16.5 Å². The third kappa shape index (κ3) is 3.75. The van der Waals surface area contributed by atoms with Gasteiger partial charge in [-0.2, -0.15) is 0 Å². The lowest BCUT2D eigenvalue weighted by Crippen LogP contribution is -2.23. The molecule has 3 heterocycles. The van der Waals surface area contributed by atoms with Gasteiger partial charge in [0.05, 0.1) is 5.52 Å². The molecular weight excluding hydrogens is 386 g/mol. The van der Waals surface area contributed by atoms with E-state index >= 15 is 0 Å². The van der Waals surface area contributed by atoms with Gasteiger partial charge in [-0.3, -0.25) is 9.78 Å². The van der Waals surface area contributed by atoms with Crippen LogP contribution in [0.15, 0.2) is 65.4 Å². The number of fused-ring (bicyclic) bond motifs is 2. The average Bonchev–Trinajstić information content (AvgIpc) is 3.45. The molecule has 1 N–H and O–H groups in total. The zero-order chi connectivity index (χ0) is 20.3. The number of oxazole rings is 1. The number of nitrogens with one attached hydrogen (secondary N) is 1. The van der Waals surface area contributed by atoms with Crippen LogP contribution in [0.2, 0.25) is 0 Å². The number of hydrogen-bond acceptors (Lipinski definition) is 7. The predicted molar refractivity (Wildman–Crippen MR) is 106 cm³/mol. The number of ether oxygens (including phenoxy) is 3. The first-order valence-electron chi connectivity index (χ1n) is 9.33. The Morgan fingerprint density at radius 1 is 1.10 bits per heavy atom. The highest BCUT2D eigenvalue weighted by Crippen LogP contribution is 2.32. The Morgan fingerprint density at radius 3 is 3.00 bits per heavy atom. The van der Waals surface area contributed by atoms with Crippen molar-refractivity contribution in [2.75, 3.05) is 6.79 Å². The van der Waals surface area contributed by atoms with Gasteiger partial charge >= 0.3 is 0 Å². The van der Waals surface area contributed by atoms with E-state index in [1.807, 2.05) is 48.5 Å². The fraction of sp³-hybridized carbons (Fsp3) is 0.136. The van der Waals surface area contributed by atoms with Crippen LogP contribution in [0, 0.1) is 0 Å². The number of carbonyl (C=O) groups is 1. The number of pyridine rings is 1. The van der Waals surface area contributed by atoms with E-state index < -0.39 is 0 Å². The lowest BCUT2D eigenvalue weighted by atomic mass is 10.2. The molecule has 0 aliphatic carbocycles. The van der Waals surface area contributed by atoms with E-state index in [2.05, 4.69) is 15.3 Å². The fourth-order valence-electron chi connectivity index (χ4n) is 3.09. The Hall–Kier alpha value is -4.07. The van der Waals surface area contributed by atoms with Gasteiger partial charge in [-0.1, -0.05) is 12.1 Å². The summed E-state index contributed by atoms with van der Waals surface area (Å²) in [5.41, 5.74) is 1.98. The lowest BCUT2D eigenvalue weighted by Gasteiger charge is -2.05. The average molecular weight is 403 g/mol. The third-order valence-electron chi connectivity index (χ3n) is 4.61. The number of amides is 1. The molecule has 150 valence electrons. The van der Waals surface area contributed by atoms with Gasteiger partial charge < -0.3 is 23.9 Å². The van der Waals surface area contributed by atoms with Crippen LogP contribution < -0.4 is 19.5 Å². The van der Waals surface area contributed by atoms with Crippen LogP contribution in [0.1, 0.15) is 21.9 Å². The molecule has 4 aromatic rings. The standard InChI is InChI=1S/C22H17N3O5/c26-22(24-10-14-3-6-19-20(8-14)30-13-29-19)18-11-28-21(25-18)12-27-16-4-5-17-15(9-16)2-1-7-23-17/h1-9,11H,10,12-13H2,(H,24,26). The molecule has 8 nitrogen and oxygen atoms in total. The Balaban J connectivity index is 1.17. The quantitative estimate of drug-likeness (QED) is 0.527. The molecule has 0 saturated heterocycles. The van der Waals surface area contributed by atoms with Crippen LogP contribution in [0.25, 0.3) is 10.9 Å². The minimum absolute atomic E-state index is 0.112. The van der Waals surface area contributed by atoms with Crippen molar-refractivity contribution in [3.63, 3.8) is 0 Å². The molecule has 0 fully saturated rings. The van der Waals surface area contributed by atoms with Crippen molar-refractivity contribution in [3.8, 4) is 17.2 Å². The summed E-state index contributed by atoms with van der Waals surface area (Å²) in [6, 6.07) is 15.0. The monoisotopic (exact) mass is 403 g/mol. The van der Waals surface area contributed by atoms with E-state index in [9.17, 15) is 4.79 Å². The van der Waals surface area contributed by atoms with Crippen molar-refractivity contribution in [3.05, 3.63) is 78.1 Å². The Morgan fingerprint density at radius 2 is 2.03 bits per heavy atom. The zero-order valence-electron chi connectivity index (χ0n) is 15.8. The minimum atomic E-state index is -0.334. The van der Waals surface area contributed by atoms with Crippen LogP contribution in [-0.2, 0) is 13.2 Å². The van der Waals surface area contributed by atoms with E-state index in [4.69, 9.17) is 18.6 Å². The van der Waals surface area contributed by atoms with Crippen LogP contribution in [0.4, 0.5) is 0 Å². The molecule has 0 atom stereocenters. The largest absolute Gasteiger partial charge is 0.484 e. The summed E-state index contributed by atoms with van der Waals surface area (Å²) in [6.07, 6.45) is 3.06. The number of nitrogens with zero attached hydrogens (tertiary/aromatic N) is 2. The molecule has 1 amide bonds. The second kappa shape index (κ2) is 7.75. The zero-order valence-corrected chi connectivity index (χ0v) is 15.8. The van der Waals surface area contributed by atoms with E-state index in [-0.39, 0.29) is 25.0 Å². The summed E-state index contributed by atoms with van der Waals surface area (Å²) < 4.78 is 21.7. The summed E-state index contributed by atoms with van der Waals surface area (Å²) in [6.45, 7) is 0.658. The molecule has 0 bridgehead atoms. The summed E-state index contributed by atoms with van der Waals surface area (Å²) in [5, 5.41) is 3.79. The van der Waals surface area contributed by atoms with Gasteiger partial charge in [-0.15, -0.1) is 0 Å². The summed E-state index contributed by atoms with van der Waals surface area (Å²) in [5.74, 6) is 2.03. The van der Waals surface area contributed by atoms with Crippen molar-refractivity contribution in [2.45, 2.75) is 13.2 Å². The van der Waals surface area contributed by atoms with Gasteiger partial charge in [0.1, 0.15) is 12.0 Å². The van der Waals surface area contributed by atoms with Crippen LogP contribution in [-0.4, -0.2) is 22.7 Å². The molecule has 1 aliphatic rings. The topological polar surface area (TPSA) is 95.7 Å². The minimum Gasteiger partial charge on any atom is -0.484 e. The molecule has 8 heteroatoms. The molecule has 2 aromatic heterocycles. The lowest BCUT2D eigenvalue weighted by molar-refractivity contribution is 0.0945. The van der Waals surface area contributed by atoms with Gasteiger partial charge in [0.2, 0.25) is 12.7 Å². The fourth-order valence-corrected chi connectivity index (χ4v) is 3.09. The number of hydrogen-bond donors (Lipinski definition) is 1. The van der Waals surface area contributed by atoms with Crippen LogP contribution in [0.5, 0.6) is 17.2 Å². The summed E-state index contributed by atoms with van der Waals surface area (Å²) in [7, 11) is 0. The van der Waals surface area contributed by atoms with Crippen molar-refractivity contribution >= 4 is 16.8 Å². The number of benzene rings is 2. The van der Waals surface area contributed by atoms with Gasteiger partial charge in [-0.05, 0) is 42.0 Å². The number of carbonyl (C=O) groups excluding carboxylic acids is 1. The Kier molecular flexibility index (Phi) is 4.65. The first-order chi connectivity index (χ1) is 14.7. The van der Waals surface area contributed by atoms with Crippen LogP contribution >= 0.6 is 0 Å². The van der Waals surface area contributed by atoms with E-state index in [0.29, 0.717) is 29.7 Å². The molecule has 2 aromatic carbocycles. The van der Waals surface area contributed by atoms with Crippen LogP contribution in [0.3, 0.4) is 0 Å². The Bertz CT molecular complexity index is 1220. The van der Waals surface area contributed by atoms with E-state index in [1.54, 1.807) is 6.20 Å². The van der Waals surface area contributed by atoms with Gasteiger partial charge in [0, 0.05) is 18.1 Å². The molecule has 0 radical (unpaired) electrons. The van der Waals surface area contributed by atoms with Crippen molar-refractivity contribution < 1.29 is 23.4 Å². The summed E-state index contributed by atoms with van der Waals surface area (Å²) in [4.78, 5) is 20.8. The molecule has 0 spiro atoms. The molecule has 0 unspecified atom stereocenters. The molecule has 30 heavy (non-hydrogen) atoms. The molecular formula is C22H17N3O5. The second-order valence-electron chi connectivity index (χ2n) is 6.64. The van der Waals surface area contributed by atoms with Gasteiger partial charge in [0.15, 0.2) is 23.8 Å². The third-order valence-corrected chi connectivity index (χ3v) is 4.61. The molecule has 5 rings (SSSR count). The predicted octanol–water partition coefficient (Wildman–Crippen LogP) is 3.46. The maximum absolute atomic E-state index is 12.3. The summed E-state index contributed by atoms with van der Waals surface area (Å²) >= 11 is 0. The SMILES string of the molecule is O=C(NCc1ccc2c(c1)OCO2)c1coc(COc2ccc3ncccc3c2)n1. The second-order valence-corrected chi connectivity index (χ2v) is 6.64. The van der Waals surface area contributed by atoms with Gasteiger partial charge in [-0.25, -0.2) is 4.98 Å². The highest BCUT2D eigenvalue weighted by Gasteiger charge is 2.15. The first-order valence-corrected chi connectivity index (χ1v) is 9.33. The smallest absolute Gasteiger partial charge is 0.273 e. The maximum Gasteiger partial charge on any atom is 0.273 e. The number of aromatic nitrogens is 2.